The highest BCUT2D eigenvalue weighted by Gasteiger charge is 2.36. The number of hydrogen-bond acceptors (Lipinski definition) is 3. The molecular formula is C20H32BrIN4O2. The molecule has 0 bridgehead atoms. The number of aliphatic imine (C=N–C) groups is 1. The van der Waals surface area contributed by atoms with E-state index in [1.165, 1.54) is 19.3 Å². The zero-order valence-corrected chi connectivity index (χ0v) is 20.6. The Balaban J connectivity index is 0.00000392. The zero-order valence-electron chi connectivity index (χ0n) is 16.7. The summed E-state index contributed by atoms with van der Waals surface area (Å²) in [5.74, 6) is 0.735. The molecule has 1 amide bonds. The van der Waals surface area contributed by atoms with Crippen LogP contribution in [0.5, 0.6) is 0 Å². The van der Waals surface area contributed by atoms with Crippen LogP contribution in [0.2, 0.25) is 0 Å². The second-order valence-electron chi connectivity index (χ2n) is 6.98. The fraction of sp³-hybridized carbons (Fsp3) is 0.600. The molecule has 2 rings (SSSR count). The normalized spacial score (nSPS) is 15.2. The van der Waals surface area contributed by atoms with Crippen molar-refractivity contribution in [2.75, 3.05) is 39.9 Å². The Labute approximate surface area is 193 Å². The number of methoxy groups -OCH3 is 1. The lowest BCUT2D eigenvalue weighted by Gasteiger charge is -2.40. The number of nitrogens with one attached hydrogen (secondary N) is 3. The van der Waals surface area contributed by atoms with Crippen LogP contribution in [0.1, 0.15) is 43.0 Å². The number of ether oxygens (including phenoxy) is 1. The largest absolute Gasteiger partial charge is 0.385 e. The number of rotatable bonds is 10. The van der Waals surface area contributed by atoms with E-state index in [9.17, 15) is 4.79 Å². The molecule has 0 heterocycles. The molecule has 0 spiro atoms. The molecule has 0 radical (unpaired) electrons. The standard InChI is InChI=1S/C20H31BrN4O2.HI/c1-3-22-19(25-15-20(9-4-10-20)11-14-27-2)24-13-12-23-18(26)16-5-7-17(21)8-6-16;/h5-8H,3-4,9-15H2,1-2H3,(H,23,26)(H2,22,24,25);1H. The van der Waals surface area contributed by atoms with Crippen LogP contribution >= 0.6 is 39.9 Å². The van der Waals surface area contributed by atoms with Gasteiger partial charge in [-0.15, -0.1) is 24.0 Å². The number of amides is 1. The Morgan fingerprint density at radius 1 is 1.18 bits per heavy atom. The van der Waals surface area contributed by atoms with Gasteiger partial charge in [0.15, 0.2) is 5.96 Å². The van der Waals surface area contributed by atoms with Gasteiger partial charge in [0.25, 0.3) is 5.91 Å². The molecule has 8 heteroatoms. The van der Waals surface area contributed by atoms with Crippen LogP contribution in [0.15, 0.2) is 33.7 Å². The van der Waals surface area contributed by atoms with Gasteiger partial charge >= 0.3 is 0 Å². The van der Waals surface area contributed by atoms with Gasteiger partial charge in [-0.25, -0.2) is 0 Å². The maximum absolute atomic E-state index is 12.1. The van der Waals surface area contributed by atoms with Crippen molar-refractivity contribution < 1.29 is 9.53 Å². The van der Waals surface area contributed by atoms with Crippen LogP contribution in [0.3, 0.4) is 0 Å². The number of halogens is 2. The van der Waals surface area contributed by atoms with Crippen molar-refractivity contribution in [3.05, 3.63) is 34.3 Å². The highest BCUT2D eigenvalue weighted by molar-refractivity contribution is 14.0. The first-order valence-corrected chi connectivity index (χ1v) is 10.4. The monoisotopic (exact) mass is 566 g/mol. The number of hydrogen-bond donors (Lipinski definition) is 3. The van der Waals surface area contributed by atoms with E-state index in [-0.39, 0.29) is 29.9 Å². The molecule has 1 fully saturated rings. The van der Waals surface area contributed by atoms with E-state index in [1.54, 1.807) is 19.2 Å². The van der Waals surface area contributed by atoms with Crippen molar-refractivity contribution in [3.63, 3.8) is 0 Å². The predicted molar refractivity (Wildman–Crippen MR) is 129 cm³/mol. The van der Waals surface area contributed by atoms with Gasteiger partial charge in [-0.1, -0.05) is 22.4 Å². The van der Waals surface area contributed by atoms with E-state index >= 15 is 0 Å². The molecule has 6 nitrogen and oxygen atoms in total. The summed E-state index contributed by atoms with van der Waals surface area (Å²) in [5.41, 5.74) is 0.956. The lowest BCUT2D eigenvalue weighted by Crippen LogP contribution is -2.43. The number of benzene rings is 1. The Morgan fingerprint density at radius 3 is 2.43 bits per heavy atom. The molecule has 0 aliphatic heterocycles. The molecule has 1 aliphatic carbocycles. The third kappa shape index (κ3) is 8.24. The third-order valence-electron chi connectivity index (χ3n) is 4.98. The van der Waals surface area contributed by atoms with Crippen molar-refractivity contribution >= 4 is 51.8 Å². The van der Waals surface area contributed by atoms with Gasteiger partial charge in [-0.05, 0) is 55.9 Å². The van der Waals surface area contributed by atoms with Crippen molar-refractivity contribution in [1.82, 2.24) is 16.0 Å². The Hall–Kier alpha value is -0.870. The van der Waals surface area contributed by atoms with E-state index < -0.39 is 0 Å². The SMILES string of the molecule is CCNC(=NCC1(CCOC)CCC1)NCCNC(=O)c1ccc(Br)cc1.I. The van der Waals surface area contributed by atoms with Crippen molar-refractivity contribution in [3.8, 4) is 0 Å². The van der Waals surface area contributed by atoms with Crippen LogP contribution in [-0.4, -0.2) is 51.8 Å². The molecule has 28 heavy (non-hydrogen) atoms. The highest BCUT2D eigenvalue weighted by Crippen LogP contribution is 2.44. The molecule has 1 saturated carbocycles. The molecule has 1 aromatic carbocycles. The average molecular weight is 567 g/mol. The van der Waals surface area contributed by atoms with E-state index in [2.05, 4.69) is 38.8 Å². The quantitative estimate of drug-likeness (QED) is 0.175. The fourth-order valence-corrected chi connectivity index (χ4v) is 3.40. The van der Waals surface area contributed by atoms with Crippen LogP contribution in [0.25, 0.3) is 0 Å². The third-order valence-corrected chi connectivity index (χ3v) is 5.51. The Kier molecular flexibility index (Phi) is 12.0. The predicted octanol–water partition coefficient (Wildman–Crippen LogP) is 3.56. The van der Waals surface area contributed by atoms with Crippen LogP contribution in [0.4, 0.5) is 0 Å². The summed E-state index contributed by atoms with van der Waals surface area (Å²) in [6.45, 7) is 5.63. The van der Waals surface area contributed by atoms with Gasteiger partial charge in [-0.2, -0.15) is 0 Å². The first kappa shape index (κ1) is 25.2. The van der Waals surface area contributed by atoms with Gasteiger partial charge in [-0.3, -0.25) is 9.79 Å². The molecule has 1 aliphatic rings. The molecule has 0 unspecified atom stereocenters. The van der Waals surface area contributed by atoms with Gasteiger partial charge in [0, 0.05) is 49.9 Å². The van der Waals surface area contributed by atoms with Crippen LogP contribution < -0.4 is 16.0 Å². The maximum atomic E-state index is 12.1. The van der Waals surface area contributed by atoms with E-state index in [0.717, 1.165) is 36.5 Å². The Morgan fingerprint density at radius 2 is 1.86 bits per heavy atom. The summed E-state index contributed by atoms with van der Waals surface area (Å²) in [4.78, 5) is 16.9. The summed E-state index contributed by atoms with van der Waals surface area (Å²) < 4.78 is 6.21. The second kappa shape index (κ2) is 13.4. The van der Waals surface area contributed by atoms with Gasteiger partial charge in [0.05, 0.1) is 0 Å². The molecule has 0 aromatic heterocycles. The first-order chi connectivity index (χ1) is 13.1. The molecular weight excluding hydrogens is 535 g/mol. The minimum Gasteiger partial charge on any atom is -0.385 e. The number of guanidine groups is 1. The molecule has 158 valence electrons. The molecule has 0 saturated heterocycles. The molecule has 1 aromatic rings. The smallest absolute Gasteiger partial charge is 0.251 e. The van der Waals surface area contributed by atoms with Crippen LogP contribution in [-0.2, 0) is 4.74 Å². The number of carbonyl (C=O) groups excluding carboxylic acids is 1. The maximum Gasteiger partial charge on any atom is 0.251 e. The number of nitrogens with zero attached hydrogens (tertiary/aromatic N) is 1. The zero-order chi connectivity index (χ0) is 19.5. The van der Waals surface area contributed by atoms with Gasteiger partial charge < -0.3 is 20.7 Å². The van der Waals surface area contributed by atoms with Crippen molar-refractivity contribution in [2.45, 2.75) is 32.6 Å². The lowest BCUT2D eigenvalue weighted by molar-refractivity contribution is 0.0778. The van der Waals surface area contributed by atoms with Crippen LogP contribution in [0, 0.1) is 5.41 Å². The molecule has 3 N–H and O–H groups in total. The summed E-state index contributed by atoms with van der Waals surface area (Å²) in [7, 11) is 1.75. The topological polar surface area (TPSA) is 74.8 Å². The van der Waals surface area contributed by atoms with E-state index in [4.69, 9.17) is 9.73 Å². The minimum absolute atomic E-state index is 0. The van der Waals surface area contributed by atoms with Crippen molar-refractivity contribution in [2.24, 2.45) is 10.4 Å². The Bertz CT molecular complexity index is 621. The van der Waals surface area contributed by atoms with Gasteiger partial charge in [0.1, 0.15) is 0 Å². The summed E-state index contributed by atoms with van der Waals surface area (Å²) >= 11 is 3.37. The molecule has 0 atom stereocenters. The van der Waals surface area contributed by atoms with Gasteiger partial charge in [0.2, 0.25) is 0 Å². The van der Waals surface area contributed by atoms with E-state index in [1.807, 2.05) is 12.1 Å². The lowest BCUT2D eigenvalue weighted by atomic mass is 9.67. The highest BCUT2D eigenvalue weighted by atomic mass is 127. The summed E-state index contributed by atoms with van der Waals surface area (Å²) in [6.07, 6.45) is 4.80. The first-order valence-electron chi connectivity index (χ1n) is 9.63. The number of carbonyl (C=O) groups is 1. The fourth-order valence-electron chi connectivity index (χ4n) is 3.13. The minimum atomic E-state index is -0.0702. The van der Waals surface area contributed by atoms with E-state index in [0.29, 0.717) is 24.1 Å². The summed E-state index contributed by atoms with van der Waals surface area (Å²) in [6, 6.07) is 7.33. The summed E-state index contributed by atoms with van der Waals surface area (Å²) in [5, 5.41) is 9.50. The average Bonchev–Trinajstić information content (AvgIpc) is 2.64. The van der Waals surface area contributed by atoms with Crippen molar-refractivity contribution in [1.29, 1.82) is 0 Å². The second-order valence-corrected chi connectivity index (χ2v) is 7.90.